The number of benzene rings is 1. The number of likely N-dealkylation sites (tertiary alicyclic amines) is 1. The third-order valence-electron chi connectivity index (χ3n) is 4.80. The van der Waals surface area contributed by atoms with Crippen LogP contribution in [0.3, 0.4) is 0 Å². The summed E-state index contributed by atoms with van der Waals surface area (Å²) in [6, 6.07) is 7.77. The number of hydrogen-bond donors (Lipinski definition) is 1. The molecule has 2 saturated heterocycles. The fourth-order valence-corrected chi connectivity index (χ4v) is 4.78. The Hall–Kier alpha value is -1.31. The summed E-state index contributed by atoms with van der Waals surface area (Å²) in [6.45, 7) is 3.08. The third kappa shape index (κ3) is 3.84. The number of nitrogens with zero attached hydrogens (tertiary/aromatic N) is 2. The van der Waals surface area contributed by atoms with E-state index in [0.717, 1.165) is 18.8 Å². The minimum atomic E-state index is -3.39. The first-order valence-electron chi connectivity index (χ1n) is 8.07. The van der Waals surface area contributed by atoms with Crippen LogP contribution in [0.5, 0.6) is 0 Å². The Morgan fingerprint density at radius 1 is 1.12 bits per heavy atom. The van der Waals surface area contributed by atoms with Gasteiger partial charge in [-0.15, -0.1) is 0 Å². The molecule has 2 aliphatic heterocycles. The molecule has 1 aromatic carbocycles. The first-order chi connectivity index (χ1) is 11.4. The van der Waals surface area contributed by atoms with Crippen LogP contribution in [0.15, 0.2) is 24.3 Å². The van der Waals surface area contributed by atoms with Gasteiger partial charge in [0.2, 0.25) is 5.91 Å². The Morgan fingerprint density at radius 3 is 2.25 bits per heavy atom. The number of carbonyl (C=O) groups excluding carboxylic acids is 1. The number of halogens is 1. The summed E-state index contributed by atoms with van der Waals surface area (Å²) in [7, 11) is -3.39. The van der Waals surface area contributed by atoms with Crippen LogP contribution in [-0.2, 0) is 14.6 Å². The van der Waals surface area contributed by atoms with Gasteiger partial charge in [0.25, 0.3) is 0 Å². The smallest absolute Gasteiger partial charge is 0.237 e. The fourth-order valence-electron chi connectivity index (χ4n) is 3.59. The maximum atomic E-state index is 12.2. The van der Waals surface area contributed by atoms with E-state index in [2.05, 4.69) is 4.90 Å². The Kier molecular flexibility index (Phi) is 5.03. The summed E-state index contributed by atoms with van der Waals surface area (Å²) in [5.41, 5.74) is 6.42. The zero-order valence-electron chi connectivity index (χ0n) is 13.4. The van der Waals surface area contributed by atoms with Crippen molar-refractivity contribution in [1.82, 2.24) is 4.90 Å². The van der Waals surface area contributed by atoms with Crippen molar-refractivity contribution < 1.29 is 13.2 Å². The first kappa shape index (κ1) is 17.5. The Morgan fingerprint density at radius 2 is 1.71 bits per heavy atom. The lowest BCUT2D eigenvalue weighted by Crippen LogP contribution is -2.37. The maximum absolute atomic E-state index is 12.2. The van der Waals surface area contributed by atoms with Gasteiger partial charge >= 0.3 is 0 Å². The van der Waals surface area contributed by atoms with Crippen molar-refractivity contribution in [2.24, 2.45) is 17.6 Å². The number of sulfone groups is 1. The Labute approximate surface area is 147 Å². The van der Waals surface area contributed by atoms with E-state index in [1.165, 1.54) is 0 Å². The van der Waals surface area contributed by atoms with Crippen molar-refractivity contribution in [3.63, 3.8) is 0 Å². The Balaban J connectivity index is 1.57. The van der Waals surface area contributed by atoms with Gasteiger partial charge in [0.15, 0.2) is 9.84 Å². The second-order valence-electron chi connectivity index (χ2n) is 6.58. The van der Waals surface area contributed by atoms with Crippen LogP contribution in [0.25, 0.3) is 0 Å². The predicted octanol–water partition coefficient (Wildman–Crippen LogP) is 0.608. The number of anilines is 1. The van der Waals surface area contributed by atoms with Gasteiger partial charge in [-0.25, -0.2) is 8.42 Å². The summed E-state index contributed by atoms with van der Waals surface area (Å²) in [6.07, 6.45) is 0. The van der Waals surface area contributed by atoms with Gasteiger partial charge in [-0.2, -0.15) is 0 Å². The molecule has 2 fully saturated rings. The highest BCUT2D eigenvalue weighted by Crippen LogP contribution is 2.34. The number of nitrogens with two attached hydrogens (primary N) is 1. The van der Waals surface area contributed by atoms with Gasteiger partial charge in [0.1, 0.15) is 5.75 Å². The predicted molar refractivity (Wildman–Crippen MR) is 94.9 cm³/mol. The van der Waals surface area contributed by atoms with Gasteiger partial charge in [0, 0.05) is 55.3 Å². The largest absolute Gasteiger partial charge is 0.371 e. The highest BCUT2D eigenvalue weighted by molar-refractivity contribution is 7.92. The molecule has 8 heteroatoms. The highest BCUT2D eigenvalue weighted by Gasteiger charge is 2.42. The molecule has 0 aliphatic carbocycles. The van der Waals surface area contributed by atoms with Crippen LogP contribution < -0.4 is 10.6 Å². The molecule has 6 nitrogen and oxygen atoms in total. The molecule has 2 heterocycles. The van der Waals surface area contributed by atoms with Crippen LogP contribution in [0.4, 0.5) is 5.69 Å². The van der Waals surface area contributed by atoms with Gasteiger partial charge < -0.3 is 15.5 Å². The molecule has 0 saturated carbocycles. The fraction of sp³-hybridized carbons (Fsp3) is 0.562. The van der Waals surface area contributed by atoms with Crippen molar-refractivity contribution in [2.45, 2.75) is 0 Å². The molecule has 1 amide bonds. The zero-order chi connectivity index (χ0) is 17.3. The van der Waals surface area contributed by atoms with Crippen molar-refractivity contribution in [1.29, 1.82) is 0 Å². The van der Waals surface area contributed by atoms with E-state index in [-0.39, 0.29) is 18.2 Å². The third-order valence-corrected chi connectivity index (χ3v) is 6.60. The average Bonchev–Trinajstić information content (AvgIpc) is 3.06. The molecule has 0 radical (unpaired) electrons. The number of fused-ring (bicyclic) bond motifs is 1. The molecular weight excluding hydrogens is 350 g/mol. The van der Waals surface area contributed by atoms with Crippen molar-refractivity contribution in [2.75, 3.05) is 49.1 Å². The van der Waals surface area contributed by atoms with Crippen LogP contribution in [0, 0.1) is 11.8 Å². The second-order valence-corrected chi connectivity index (χ2v) is 9.20. The average molecular weight is 372 g/mol. The SMILES string of the molecule is NCCS(=O)(=O)CC(=O)N1C[C@@H]2CN(c3ccc(Cl)cc3)C[C@@H]2C1. The summed E-state index contributed by atoms with van der Waals surface area (Å²) < 4.78 is 23.5. The van der Waals surface area contributed by atoms with Gasteiger partial charge in [-0.3, -0.25) is 4.79 Å². The lowest BCUT2D eigenvalue weighted by Gasteiger charge is -2.23. The number of carbonyl (C=O) groups is 1. The number of hydrogen-bond acceptors (Lipinski definition) is 5. The van der Waals surface area contributed by atoms with Crippen LogP contribution in [-0.4, -0.2) is 63.5 Å². The van der Waals surface area contributed by atoms with Crippen molar-refractivity contribution in [3.8, 4) is 0 Å². The van der Waals surface area contributed by atoms with Gasteiger partial charge in [0.05, 0.1) is 5.75 Å². The van der Waals surface area contributed by atoms with Crippen LogP contribution >= 0.6 is 11.6 Å². The van der Waals surface area contributed by atoms with Crippen LogP contribution in [0.2, 0.25) is 5.02 Å². The van der Waals surface area contributed by atoms with E-state index < -0.39 is 15.6 Å². The molecule has 2 N–H and O–H groups in total. The van der Waals surface area contributed by atoms with Crippen molar-refractivity contribution in [3.05, 3.63) is 29.3 Å². The Bertz CT molecular complexity index is 694. The van der Waals surface area contributed by atoms with Gasteiger partial charge in [-0.1, -0.05) is 11.6 Å². The van der Waals surface area contributed by atoms with E-state index in [0.29, 0.717) is 29.9 Å². The van der Waals surface area contributed by atoms with E-state index in [9.17, 15) is 13.2 Å². The lowest BCUT2D eigenvalue weighted by molar-refractivity contribution is -0.127. The van der Waals surface area contributed by atoms with E-state index >= 15 is 0 Å². The van der Waals surface area contributed by atoms with Crippen LogP contribution in [0.1, 0.15) is 0 Å². The highest BCUT2D eigenvalue weighted by atomic mass is 35.5. The molecule has 2 aliphatic rings. The summed E-state index contributed by atoms with van der Waals surface area (Å²) in [5.74, 6) is -0.0755. The molecule has 0 bridgehead atoms. The van der Waals surface area contributed by atoms with E-state index in [1.54, 1.807) is 4.90 Å². The van der Waals surface area contributed by atoms with Crippen molar-refractivity contribution >= 4 is 33.0 Å². The molecule has 1 aromatic rings. The number of amides is 1. The molecule has 24 heavy (non-hydrogen) atoms. The minimum absolute atomic E-state index is 0.0525. The maximum Gasteiger partial charge on any atom is 0.237 e. The first-order valence-corrected chi connectivity index (χ1v) is 10.3. The zero-order valence-corrected chi connectivity index (χ0v) is 15.0. The summed E-state index contributed by atoms with van der Waals surface area (Å²) >= 11 is 5.92. The topological polar surface area (TPSA) is 83.7 Å². The van der Waals surface area contributed by atoms with Gasteiger partial charge in [-0.05, 0) is 24.3 Å². The summed E-state index contributed by atoms with van der Waals surface area (Å²) in [4.78, 5) is 16.2. The molecule has 3 rings (SSSR count). The standard InChI is InChI=1S/C16H22ClN3O3S/c17-14-1-3-15(4-2-14)19-7-12-9-20(10-13(12)8-19)16(21)11-24(22,23)6-5-18/h1-4,12-13H,5-11,18H2/t12-,13+. The monoisotopic (exact) mass is 371 g/mol. The molecular formula is C16H22ClN3O3S. The normalized spacial score (nSPS) is 23.6. The summed E-state index contributed by atoms with van der Waals surface area (Å²) in [5, 5.41) is 0.716. The second kappa shape index (κ2) is 6.90. The lowest BCUT2D eigenvalue weighted by atomic mass is 10.0. The molecule has 2 atom stereocenters. The number of rotatable bonds is 5. The quantitative estimate of drug-likeness (QED) is 0.819. The minimum Gasteiger partial charge on any atom is -0.371 e. The van der Waals surface area contributed by atoms with E-state index in [1.807, 2.05) is 24.3 Å². The molecule has 0 aromatic heterocycles. The van der Waals surface area contributed by atoms with E-state index in [4.69, 9.17) is 17.3 Å². The molecule has 132 valence electrons. The molecule has 0 spiro atoms. The molecule has 0 unspecified atom stereocenters.